The maximum Gasteiger partial charge on any atom is 0.159 e. The number of ether oxygens (including phenoxy) is 1. The zero-order valence-corrected chi connectivity index (χ0v) is 12.0. The second-order valence-corrected chi connectivity index (χ2v) is 5.58. The molecule has 4 heteroatoms. The van der Waals surface area contributed by atoms with E-state index in [1.54, 1.807) is 0 Å². The fourth-order valence-electron chi connectivity index (χ4n) is 2.35. The van der Waals surface area contributed by atoms with E-state index in [4.69, 9.17) is 16.3 Å². The van der Waals surface area contributed by atoms with Crippen LogP contribution in [0.5, 0.6) is 5.75 Å². The number of nitrogens with zero attached hydrogens (tertiary/aromatic N) is 2. The number of fused-ring (bicyclic) bond motifs is 1. The molecule has 2 aromatic carbocycles. The second kappa shape index (κ2) is 5.01. The topological polar surface area (TPSA) is 35.0 Å². The smallest absolute Gasteiger partial charge is 0.159 e. The van der Waals surface area contributed by atoms with Gasteiger partial charge in [0.15, 0.2) is 5.15 Å². The molecular formula is C17H13ClN2O. The molecule has 3 aromatic rings. The third-order valence-corrected chi connectivity index (χ3v) is 3.88. The predicted octanol–water partition coefficient (Wildman–Crippen LogP) is 4.49. The molecule has 1 aliphatic carbocycles. The van der Waals surface area contributed by atoms with Crippen LogP contribution in [0, 0.1) is 0 Å². The van der Waals surface area contributed by atoms with Crippen molar-refractivity contribution in [1.29, 1.82) is 0 Å². The maximum absolute atomic E-state index is 6.11. The Balaban J connectivity index is 1.77. The lowest BCUT2D eigenvalue weighted by Crippen LogP contribution is -1.96. The van der Waals surface area contributed by atoms with Gasteiger partial charge in [0.2, 0.25) is 0 Å². The molecule has 104 valence electrons. The van der Waals surface area contributed by atoms with Crippen LogP contribution >= 0.6 is 11.6 Å². The van der Waals surface area contributed by atoms with Crippen molar-refractivity contribution in [2.75, 3.05) is 0 Å². The quantitative estimate of drug-likeness (QED) is 0.714. The Morgan fingerprint density at radius 3 is 2.33 bits per heavy atom. The van der Waals surface area contributed by atoms with Gasteiger partial charge in [0, 0.05) is 16.3 Å². The molecule has 21 heavy (non-hydrogen) atoms. The second-order valence-electron chi connectivity index (χ2n) is 5.23. The standard InChI is InChI=1S/C17H13ClN2O/c18-17-15-4-2-1-3-14(15)16(19-20-17)11-5-7-12(8-6-11)21-13-9-10-13/h1-8,13H,9-10H2. The summed E-state index contributed by atoms with van der Waals surface area (Å²) in [6.45, 7) is 0. The highest BCUT2D eigenvalue weighted by molar-refractivity contribution is 6.34. The monoisotopic (exact) mass is 296 g/mol. The van der Waals surface area contributed by atoms with Crippen molar-refractivity contribution in [3.05, 3.63) is 53.7 Å². The fourth-order valence-corrected chi connectivity index (χ4v) is 2.56. The molecule has 0 N–H and O–H groups in total. The molecule has 0 spiro atoms. The highest BCUT2D eigenvalue weighted by atomic mass is 35.5. The molecule has 1 saturated carbocycles. The molecule has 1 heterocycles. The van der Waals surface area contributed by atoms with Crippen LogP contribution in [0.2, 0.25) is 5.15 Å². The predicted molar refractivity (Wildman–Crippen MR) is 83.6 cm³/mol. The summed E-state index contributed by atoms with van der Waals surface area (Å²) >= 11 is 6.11. The molecule has 0 amide bonds. The molecule has 0 unspecified atom stereocenters. The first-order chi connectivity index (χ1) is 10.3. The van der Waals surface area contributed by atoms with Gasteiger partial charge in [0.25, 0.3) is 0 Å². The molecule has 3 nitrogen and oxygen atoms in total. The van der Waals surface area contributed by atoms with Gasteiger partial charge < -0.3 is 4.74 Å². The molecule has 0 saturated heterocycles. The average Bonchev–Trinajstić information content (AvgIpc) is 3.33. The van der Waals surface area contributed by atoms with E-state index in [9.17, 15) is 0 Å². The molecule has 0 aliphatic heterocycles. The van der Waals surface area contributed by atoms with Gasteiger partial charge in [-0.1, -0.05) is 35.9 Å². The van der Waals surface area contributed by atoms with E-state index in [0.29, 0.717) is 11.3 Å². The van der Waals surface area contributed by atoms with Crippen LogP contribution in [0.25, 0.3) is 22.0 Å². The Labute approximate surface area is 127 Å². The molecule has 1 aromatic heterocycles. The fraction of sp³-hybridized carbons (Fsp3) is 0.176. The zero-order valence-electron chi connectivity index (χ0n) is 11.3. The lowest BCUT2D eigenvalue weighted by molar-refractivity contribution is 0.303. The van der Waals surface area contributed by atoms with Gasteiger partial charge in [-0.3, -0.25) is 0 Å². The summed E-state index contributed by atoms with van der Waals surface area (Å²) in [7, 11) is 0. The summed E-state index contributed by atoms with van der Waals surface area (Å²) in [6.07, 6.45) is 2.73. The number of benzene rings is 2. The van der Waals surface area contributed by atoms with Crippen LogP contribution in [0.15, 0.2) is 48.5 Å². The van der Waals surface area contributed by atoms with Crippen molar-refractivity contribution < 1.29 is 4.74 Å². The van der Waals surface area contributed by atoms with Gasteiger partial charge in [0.05, 0.1) is 6.10 Å². The Kier molecular flexibility index (Phi) is 3.00. The van der Waals surface area contributed by atoms with Gasteiger partial charge in [-0.25, -0.2) is 0 Å². The first-order valence-electron chi connectivity index (χ1n) is 6.99. The summed E-state index contributed by atoms with van der Waals surface area (Å²) in [4.78, 5) is 0. The Bertz CT molecular complexity index is 797. The van der Waals surface area contributed by atoms with Crippen molar-refractivity contribution >= 4 is 22.4 Å². The van der Waals surface area contributed by atoms with E-state index in [2.05, 4.69) is 10.2 Å². The molecule has 0 radical (unpaired) electrons. The van der Waals surface area contributed by atoms with Crippen molar-refractivity contribution in [1.82, 2.24) is 10.2 Å². The van der Waals surface area contributed by atoms with E-state index in [-0.39, 0.29) is 0 Å². The number of rotatable bonds is 3. The van der Waals surface area contributed by atoms with Crippen LogP contribution < -0.4 is 4.74 Å². The Hall–Kier alpha value is -2.13. The van der Waals surface area contributed by atoms with Crippen LogP contribution in [-0.2, 0) is 0 Å². The molecular weight excluding hydrogens is 284 g/mol. The van der Waals surface area contributed by atoms with Crippen LogP contribution in [-0.4, -0.2) is 16.3 Å². The first-order valence-corrected chi connectivity index (χ1v) is 7.37. The highest BCUT2D eigenvalue weighted by Gasteiger charge is 2.23. The highest BCUT2D eigenvalue weighted by Crippen LogP contribution is 2.31. The third kappa shape index (κ3) is 2.45. The summed E-state index contributed by atoms with van der Waals surface area (Å²) in [5.74, 6) is 0.910. The van der Waals surface area contributed by atoms with E-state index in [1.165, 1.54) is 0 Å². The number of hydrogen-bond donors (Lipinski definition) is 0. The van der Waals surface area contributed by atoms with Gasteiger partial charge in [-0.05, 0) is 37.1 Å². The van der Waals surface area contributed by atoms with Gasteiger partial charge >= 0.3 is 0 Å². The minimum absolute atomic E-state index is 0.409. The van der Waals surface area contributed by atoms with E-state index < -0.39 is 0 Å². The van der Waals surface area contributed by atoms with E-state index >= 15 is 0 Å². The normalized spacial score (nSPS) is 14.3. The lowest BCUT2D eigenvalue weighted by atomic mass is 10.1. The number of hydrogen-bond acceptors (Lipinski definition) is 3. The molecule has 0 atom stereocenters. The number of halogens is 1. The summed E-state index contributed by atoms with van der Waals surface area (Å²) in [5, 5.41) is 10.7. The first kappa shape index (κ1) is 12.6. The zero-order chi connectivity index (χ0) is 14.2. The maximum atomic E-state index is 6.11. The van der Waals surface area contributed by atoms with Crippen LogP contribution in [0.4, 0.5) is 0 Å². The summed E-state index contributed by atoms with van der Waals surface area (Å²) in [6, 6.07) is 15.9. The average molecular weight is 297 g/mol. The van der Waals surface area contributed by atoms with Crippen LogP contribution in [0.3, 0.4) is 0 Å². The largest absolute Gasteiger partial charge is 0.490 e. The van der Waals surface area contributed by atoms with Gasteiger partial charge in [-0.2, -0.15) is 0 Å². The van der Waals surface area contributed by atoms with Crippen molar-refractivity contribution in [3.63, 3.8) is 0 Å². The SMILES string of the molecule is Clc1nnc(-c2ccc(OC3CC3)cc2)c2ccccc12. The molecule has 1 fully saturated rings. The van der Waals surface area contributed by atoms with Crippen molar-refractivity contribution in [3.8, 4) is 17.0 Å². The Morgan fingerprint density at radius 1 is 0.905 bits per heavy atom. The Morgan fingerprint density at radius 2 is 1.62 bits per heavy atom. The van der Waals surface area contributed by atoms with E-state index in [0.717, 1.165) is 40.6 Å². The van der Waals surface area contributed by atoms with E-state index in [1.807, 2.05) is 48.5 Å². The lowest BCUT2D eigenvalue weighted by Gasteiger charge is -2.08. The van der Waals surface area contributed by atoms with Crippen LogP contribution in [0.1, 0.15) is 12.8 Å². The summed E-state index contributed by atoms with van der Waals surface area (Å²) in [5.41, 5.74) is 1.85. The molecule has 0 bridgehead atoms. The third-order valence-electron chi connectivity index (χ3n) is 3.60. The van der Waals surface area contributed by atoms with Gasteiger partial charge in [0.1, 0.15) is 11.4 Å². The minimum Gasteiger partial charge on any atom is -0.490 e. The van der Waals surface area contributed by atoms with Gasteiger partial charge in [-0.15, -0.1) is 10.2 Å². The molecule has 4 rings (SSSR count). The number of aromatic nitrogens is 2. The summed E-state index contributed by atoms with van der Waals surface area (Å²) < 4.78 is 5.77. The molecule has 1 aliphatic rings. The van der Waals surface area contributed by atoms with Crippen molar-refractivity contribution in [2.45, 2.75) is 18.9 Å². The minimum atomic E-state index is 0.409. The van der Waals surface area contributed by atoms with Crippen molar-refractivity contribution in [2.24, 2.45) is 0 Å².